The second kappa shape index (κ2) is 17.7. The Morgan fingerprint density at radius 2 is 1.70 bits per heavy atom. The number of aliphatic hydroxyl groups is 3. The maximum Gasteiger partial charge on any atom is 0.141 e. The Balaban J connectivity index is 1.40. The maximum atomic E-state index is 9.98. The number of ether oxygens (including phenoxy) is 3. The second-order valence-corrected chi connectivity index (χ2v) is 14.7. The first-order chi connectivity index (χ1) is 24.0. The molecule has 1 heterocycles. The van der Waals surface area contributed by atoms with Crippen molar-refractivity contribution < 1.29 is 29.5 Å². The molecule has 1 saturated heterocycles. The van der Waals surface area contributed by atoms with Crippen molar-refractivity contribution in [2.45, 2.75) is 57.6 Å². The highest BCUT2D eigenvalue weighted by molar-refractivity contribution is 6.34. The fourth-order valence-electron chi connectivity index (χ4n) is 6.52. The molecular weight excluding hydrogens is 699 g/mol. The van der Waals surface area contributed by atoms with Gasteiger partial charge in [0.05, 0.1) is 30.4 Å². The van der Waals surface area contributed by atoms with E-state index >= 15 is 0 Å². The summed E-state index contributed by atoms with van der Waals surface area (Å²) in [5, 5.41) is 33.7. The van der Waals surface area contributed by atoms with Crippen LogP contribution in [0.3, 0.4) is 0 Å². The van der Waals surface area contributed by atoms with Gasteiger partial charge in [0.1, 0.15) is 30.3 Å². The zero-order valence-corrected chi connectivity index (χ0v) is 30.9. The summed E-state index contributed by atoms with van der Waals surface area (Å²) in [7, 11) is 0. The second-order valence-electron chi connectivity index (χ2n) is 13.5. The molecular formula is C39H47Cl3N2O6. The van der Waals surface area contributed by atoms with Gasteiger partial charge in [0, 0.05) is 59.9 Å². The number of allylic oxidation sites excluding steroid dienone is 2. The van der Waals surface area contributed by atoms with E-state index in [1.807, 2.05) is 24.3 Å². The smallest absolute Gasteiger partial charge is 0.141 e. The van der Waals surface area contributed by atoms with Crippen molar-refractivity contribution in [2.75, 3.05) is 46.1 Å². The number of hydrogen-bond acceptors (Lipinski definition) is 8. The van der Waals surface area contributed by atoms with Crippen molar-refractivity contribution in [3.63, 3.8) is 0 Å². The van der Waals surface area contributed by atoms with Gasteiger partial charge in [-0.25, -0.2) is 0 Å². The highest BCUT2D eigenvalue weighted by Crippen LogP contribution is 2.49. The number of aliphatic hydroxyl groups excluding tert-OH is 3. The summed E-state index contributed by atoms with van der Waals surface area (Å²) >= 11 is 19.4. The minimum Gasteiger partial charge on any atom is -0.488 e. The monoisotopic (exact) mass is 744 g/mol. The van der Waals surface area contributed by atoms with E-state index in [4.69, 9.17) is 49.0 Å². The van der Waals surface area contributed by atoms with Gasteiger partial charge in [-0.2, -0.15) is 0 Å². The molecule has 4 N–H and O–H groups in total. The van der Waals surface area contributed by atoms with Crippen LogP contribution < -0.4 is 14.8 Å². The number of likely N-dealkylation sites (tertiary alicyclic amines) is 1. The molecule has 1 fully saturated rings. The van der Waals surface area contributed by atoms with Crippen molar-refractivity contribution in [3.05, 3.63) is 111 Å². The third-order valence-electron chi connectivity index (χ3n) is 9.57. The first-order valence-electron chi connectivity index (χ1n) is 17.0. The van der Waals surface area contributed by atoms with Crippen LogP contribution in [-0.4, -0.2) is 84.0 Å². The van der Waals surface area contributed by atoms with Crippen molar-refractivity contribution in [1.29, 1.82) is 0 Å². The summed E-state index contributed by atoms with van der Waals surface area (Å²) < 4.78 is 19.8. The summed E-state index contributed by atoms with van der Waals surface area (Å²) in [6, 6.07) is 18.5. The van der Waals surface area contributed by atoms with Gasteiger partial charge in [-0.3, -0.25) is 0 Å². The van der Waals surface area contributed by atoms with Gasteiger partial charge >= 0.3 is 0 Å². The number of β-amino-alcohol motifs (C(OH)–C–C–N with tert-alkyl or cyclic N) is 1. The molecule has 270 valence electrons. The van der Waals surface area contributed by atoms with E-state index in [2.05, 4.69) is 48.3 Å². The van der Waals surface area contributed by atoms with Crippen molar-refractivity contribution >= 4 is 40.4 Å². The lowest BCUT2D eigenvalue weighted by Gasteiger charge is -2.47. The molecule has 11 heteroatoms. The minimum absolute atomic E-state index is 0.168. The molecule has 0 amide bonds. The molecule has 3 aromatic rings. The Kier molecular flexibility index (Phi) is 13.7. The van der Waals surface area contributed by atoms with Crippen LogP contribution in [-0.2, 0) is 17.9 Å². The number of rotatable bonds is 17. The van der Waals surface area contributed by atoms with Crippen LogP contribution in [0.1, 0.15) is 43.4 Å². The highest BCUT2D eigenvalue weighted by atomic mass is 35.5. The number of hydrogen-bond donors (Lipinski definition) is 4. The van der Waals surface area contributed by atoms with E-state index in [1.54, 1.807) is 30.3 Å². The van der Waals surface area contributed by atoms with Gasteiger partial charge in [-0.05, 0) is 59.9 Å². The zero-order chi connectivity index (χ0) is 35.7. The van der Waals surface area contributed by atoms with Crippen LogP contribution in [0.2, 0.25) is 15.1 Å². The van der Waals surface area contributed by atoms with Gasteiger partial charge in [-0.1, -0.05) is 91.1 Å². The Bertz CT molecular complexity index is 1610. The van der Waals surface area contributed by atoms with E-state index in [1.165, 1.54) is 0 Å². The molecule has 0 saturated carbocycles. The summed E-state index contributed by atoms with van der Waals surface area (Å²) in [4.78, 5) is 2.27. The molecule has 0 bridgehead atoms. The molecule has 5 rings (SSSR count). The van der Waals surface area contributed by atoms with E-state index in [-0.39, 0.29) is 39.1 Å². The summed E-state index contributed by atoms with van der Waals surface area (Å²) in [5.41, 5.74) is 2.38. The predicted octanol–water partition coefficient (Wildman–Crippen LogP) is 6.94. The lowest BCUT2D eigenvalue weighted by molar-refractivity contribution is -0.0926. The predicted molar refractivity (Wildman–Crippen MR) is 200 cm³/mol. The fraction of sp³-hybridized carbons (Fsp3) is 0.436. The van der Waals surface area contributed by atoms with Gasteiger partial charge in [-0.15, -0.1) is 0 Å². The Morgan fingerprint density at radius 3 is 2.38 bits per heavy atom. The lowest BCUT2D eigenvalue weighted by atomic mass is 9.65. The number of nitrogens with one attached hydrogen (secondary N) is 1. The molecule has 1 aliphatic carbocycles. The number of nitrogens with zero attached hydrogens (tertiary/aromatic N) is 1. The maximum absolute atomic E-state index is 9.98. The first-order valence-corrected chi connectivity index (χ1v) is 18.1. The molecule has 50 heavy (non-hydrogen) atoms. The topological polar surface area (TPSA) is 104 Å². The zero-order valence-electron chi connectivity index (χ0n) is 28.6. The van der Waals surface area contributed by atoms with Crippen LogP contribution in [0.5, 0.6) is 11.5 Å². The van der Waals surface area contributed by atoms with Gasteiger partial charge < -0.3 is 39.7 Å². The third kappa shape index (κ3) is 9.62. The van der Waals surface area contributed by atoms with Crippen LogP contribution in [0.25, 0.3) is 5.57 Å². The van der Waals surface area contributed by atoms with Gasteiger partial charge in [0.25, 0.3) is 0 Å². The number of halogens is 3. The summed E-state index contributed by atoms with van der Waals surface area (Å²) in [6.07, 6.45) is 7.60. The Hall–Kier alpha value is -2.63. The van der Waals surface area contributed by atoms with Crippen LogP contribution >= 0.6 is 34.8 Å². The lowest BCUT2D eigenvalue weighted by Crippen LogP contribution is -2.52. The van der Waals surface area contributed by atoms with E-state index in [9.17, 15) is 15.3 Å². The van der Waals surface area contributed by atoms with Gasteiger partial charge in [0.2, 0.25) is 0 Å². The first kappa shape index (κ1) is 38.6. The fourth-order valence-corrected chi connectivity index (χ4v) is 7.33. The standard InChI is InChI=1S/C39H47Cl3N2O6/c1-38(2)34(28-8-4-3-5-9-28)10-6-12-39(38,50-15-7-13-44-14-11-33(47)22-44)26-49-37-20-36(48-25-27-16-30(40)19-31(41)17-27)29(18-35(37)42)21-43-32(23-45)24-46/h3-6,8-10,12,16-20,32-33,43,45-47H,7,11,13-15,21-26H2,1-2H3/t33?,39-/m0/s1. The number of benzene rings is 3. The summed E-state index contributed by atoms with van der Waals surface area (Å²) in [5.74, 6) is 0.929. The van der Waals surface area contributed by atoms with Gasteiger partial charge in [0.15, 0.2) is 0 Å². The van der Waals surface area contributed by atoms with E-state index in [0.29, 0.717) is 45.3 Å². The largest absolute Gasteiger partial charge is 0.488 e. The molecule has 2 atom stereocenters. The van der Waals surface area contributed by atoms with Crippen molar-refractivity contribution in [3.8, 4) is 11.5 Å². The molecule has 0 radical (unpaired) electrons. The summed E-state index contributed by atoms with van der Waals surface area (Å²) in [6.45, 7) is 7.44. The quantitative estimate of drug-likeness (QED) is 0.110. The molecule has 1 aliphatic heterocycles. The van der Waals surface area contributed by atoms with Crippen molar-refractivity contribution in [2.24, 2.45) is 5.41 Å². The van der Waals surface area contributed by atoms with E-state index < -0.39 is 17.1 Å². The minimum atomic E-state index is -0.852. The average molecular weight is 746 g/mol. The Labute approximate surface area is 310 Å². The molecule has 1 unspecified atom stereocenters. The average Bonchev–Trinajstić information content (AvgIpc) is 3.51. The highest BCUT2D eigenvalue weighted by Gasteiger charge is 2.49. The molecule has 0 aromatic heterocycles. The van der Waals surface area contributed by atoms with E-state index in [0.717, 1.165) is 42.6 Å². The van der Waals surface area contributed by atoms with Crippen LogP contribution in [0.4, 0.5) is 0 Å². The third-order valence-corrected chi connectivity index (χ3v) is 10.3. The molecule has 8 nitrogen and oxygen atoms in total. The molecule has 3 aromatic carbocycles. The van der Waals surface area contributed by atoms with Crippen LogP contribution in [0, 0.1) is 5.41 Å². The molecule has 0 spiro atoms. The van der Waals surface area contributed by atoms with Crippen molar-refractivity contribution in [1.82, 2.24) is 10.2 Å². The Morgan fingerprint density at radius 1 is 0.960 bits per heavy atom. The SMILES string of the molecule is CC1(C)C(c2ccccc2)=CC=C[C@@]1(COc1cc(OCc2cc(Cl)cc(Cl)c2)c(CNC(CO)CO)cc1Cl)OCCCN1CCC(O)C1. The van der Waals surface area contributed by atoms with Crippen LogP contribution in [0.15, 0.2) is 78.9 Å². The molecule has 2 aliphatic rings. The normalized spacial score (nSPS) is 20.3.